The fraction of sp³-hybridized carbons (Fsp3) is 0.364. The molecule has 1 aromatic carbocycles. The summed E-state index contributed by atoms with van der Waals surface area (Å²) in [7, 11) is 0. The Morgan fingerprint density at radius 1 is 1.53 bits per heavy atom. The van der Waals surface area contributed by atoms with Gasteiger partial charge < -0.3 is 4.74 Å². The van der Waals surface area contributed by atoms with Crippen molar-refractivity contribution in [3.05, 3.63) is 34.6 Å². The fourth-order valence-corrected chi connectivity index (χ4v) is 1.52. The quantitative estimate of drug-likeness (QED) is 0.589. The van der Waals surface area contributed by atoms with Crippen molar-refractivity contribution in [2.24, 2.45) is 0 Å². The van der Waals surface area contributed by atoms with Crippen LogP contribution in [0.5, 0.6) is 0 Å². The number of aryl methyl sites for hydroxylation is 1. The van der Waals surface area contributed by atoms with Crippen molar-refractivity contribution in [1.82, 2.24) is 0 Å². The van der Waals surface area contributed by atoms with Crippen molar-refractivity contribution >= 4 is 17.6 Å². The minimum atomic E-state index is -0.640. The first kappa shape index (κ1) is 12.0. The monoisotopic (exact) mass is 230 g/mol. The normalized spacial score (nSPS) is 10.1. The summed E-state index contributed by atoms with van der Waals surface area (Å²) in [4.78, 5) is 11.3. The molecule has 0 atom stereocenters. The summed E-state index contributed by atoms with van der Waals surface area (Å²) in [5.41, 5.74) is 1.43. The zero-order valence-corrected chi connectivity index (χ0v) is 9.40. The van der Waals surface area contributed by atoms with Gasteiger partial charge in [0.15, 0.2) is 0 Å². The molecule has 15 heavy (non-hydrogen) atoms. The molecule has 0 unspecified atom stereocenters. The Hall–Kier alpha value is -1.09. The largest absolute Gasteiger partial charge is 0.462 e. The molecule has 0 amide bonds. The molecular weight excluding hydrogens is 219 g/mol. The zero-order valence-electron chi connectivity index (χ0n) is 8.64. The van der Waals surface area contributed by atoms with Crippen LogP contribution in [0.25, 0.3) is 0 Å². The van der Waals surface area contributed by atoms with Crippen molar-refractivity contribution in [3.8, 4) is 0 Å². The van der Waals surface area contributed by atoms with Crippen LogP contribution in [0, 0.1) is 12.7 Å². The number of benzene rings is 1. The van der Waals surface area contributed by atoms with Gasteiger partial charge in [-0.05, 0) is 37.1 Å². The van der Waals surface area contributed by atoms with Gasteiger partial charge in [-0.1, -0.05) is 0 Å². The first-order valence-corrected chi connectivity index (χ1v) is 5.15. The van der Waals surface area contributed by atoms with Crippen LogP contribution in [0.4, 0.5) is 4.39 Å². The predicted molar refractivity (Wildman–Crippen MR) is 56.7 cm³/mol. The number of hydrogen-bond donors (Lipinski definition) is 0. The lowest BCUT2D eigenvalue weighted by Gasteiger charge is -2.07. The molecule has 0 heterocycles. The molecule has 0 aromatic heterocycles. The summed E-state index contributed by atoms with van der Waals surface area (Å²) in [5, 5.41) is 0. The number of ether oxygens (including phenoxy) is 1. The third-order valence-electron chi connectivity index (χ3n) is 2.06. The Bertz CT molecular complexity index is 377. The molecule has 0 fully saturated rings. The second-order valence-corrected chi connectivity index (χ2v) is 3.38. The molecule has 0 saturated carbocycles. The van der Waals surface area contributed by atoms with Crippen LogP contribution >= 0.6 is 11.6 Å². The zero-order chi connectivity index (χ0) is 11.4. The minimum absolute atomic E-state index is 0.0387. The highest BCUT2D eigenvalue weighted by molar-refractivity contribution is 6.17. The van der Waals surface area contributed by atoms with Crippen LogP contribution in [-0.4, -0.2) is 12.6 Å². The smallest absolute Gasteiger partial charge is 0.341 e. The molecule has 0 aliphatic carbocycles. The highest BCUT2D eigenvalue weighted by atomic mass is 35.5. The van der Waals surface area contributed by atoms with E-state index in [0.29, 0.717) is 5.56 Å². The lowest BCUT2D eigenvalue weighted by molar-refractivity contribution is 0.0521. The van der Waals surface area contributed by atoms with Crippen molar-refractivity contribution in [2.45, 2.75) is 19.7 Å². The van der Waals surface area contributed by atoms with Gasteiger partial charge in [-0.25, -0.2) is 9.18 Å². The molecule has 0 saturated heterocycles. The molecule has 82 valence electrons. The maximum atomic E-state index is 13.4. The van der Waals surface area contributed by atoms with Gasteiger partial charge in [-0.3, -0.25) is 0 Å². The molecule has 4 heteroatoms. The highest BCUT2D eigenvalue weighted by Gasteiger charge is 2.14. The maximum Gasteiger partial charge on any atom is 0.341 e. The summed E-state index contributed by atoms with van der Waals surface area (Å²) in [6, 6.07) is 2.74. The van der Waals surface area contributed by atoms with Crippen LogP contribution in [-0.2, 0) is 10.6 Å². The Balaban J connectivity index is 3.10. The van der Waals surface area contributed by atoms with E-state index in [1.165, 1.54) is 12.1 Å². The van der Waals surface area contributed by atoms with Crippen LogP contribution in [0.15, 0.2) is 12.1 Å². The topological polar surface area (TPSA) is 26.3 Å². The standard InChI is InChI=1S/C11H12ClFO2/c1-3-15-11(14)9-4-7(2)8(6-12)5-10(9)13/h4-5H,3,6H2,1-2H3. The Kier molecular flexibility index (Phi) is 4.09. The molecule has 0 aliphatic rings. The second-order valence-electron chi connectivity index (χ2n) is 3.11. The molecule has 0 spiro atoms. The number of rotatable bonds is 3. The summed E-state index contributed by atoms with van der Waals surface area (Å²) in [6.45, 7) is 3.68. The summed E-state index contributed by atoms with van der Waals surface area (Å²) >= 11 is 5.61. The molecule has 0 bridgehead atoms. The number of alkyl halides is 1. The fourth-order valence-electron chi connectivity index (χ4n) is 1.23. The SMILES string of the molecule is CCOC(=O)c1cc(C)c(CCl)cc1F. The van der Waals surface area contributed by atoms with E-state index < -0.39 is 11.8 Å². The summed E-state index contributed by atoms with van der Waals surface area (Å²) in [5.74, 6) is -1.000. The van der Waals surface area contributed by atoms with Crippen molar-refractivity contribution < 1.29 is 13.9 Å². The number of carbonyl (C=O) groups is 1. The predicted octanol–water partition coefficient (Wildman–Crippen LogP) is 3.05. The van der Waals surface area contributed by atoms with Gasteiger partial charge in [0.05, 0.1) is 12.2 Å². The Morgan fingerprint density at radius 3 is 2.73 bits per heavy atom. The van der Waals surface area contributed by atoms with E-state index in [4.69, 9.17) is 16.3 Å². The summed E-state index contributed by atoms with van der Waals surface area (Å²) < 4.78 is 18.2. The van der Waals surface area contributed by atoms with Gasteiger partial charge in [0.2, 0.25) is 0 Å². The maximum absolute atomic E-state index is 13.4. The van der Waals surface area contributed by atoms with Gasteiger partial charge in [0.1, 0.15) is 5.82 Å². The third-order valence-corrected chi connectivity index (χ3v) is 2.35. The lowest BCUT2D eigenvalue weighted by Crippen LogP contribution is -2.08. The van der Waals surface area contributed by atoms with E-state index >= 15 is 0 Å². The van der Waals surface area contributed by atoms with Crippen LogP contribution in [0.1, 0.15) is 28.4 Å². The van der Waals surface area contributed by atoms with Crippen molar-refractivity contribution in [3.63, 3.8) is 0 Å². The van der Waals surface area contributed by atoms with E-state index in [1.807, 2.05) is 0 Å². The van der Waals surface area contributed by atoms with Crippen LogP contribution < -0.4 is 0 Å². The average molecular weight is 231 g/mol. The van der Waals surface area contributed by atoms with E-state index in [-0.39, 0.29) is 18.1 Å². The Morgan fingerprint density at radius 2 is 2.20 bits per heavy atom. The summed E-state index contributed by atoms with van der Waals surface area (Å²) in [6.07, 6.45) is 0. The van der Waals surface area contributed by atoms with Gasteiger partial charge >= 0.3 is 5.97 Å². The first-order valence-electron chi connectivity index (χ1n) is 4.62. The van der Waals surface area contributed by atoms with Crippen LogP contribution in [0.2, 0.25) is 0 Å². The van der Waals surface area contributed by atoms with E-state index in [9.17, 15) is 9.18 Å². The number of carbonyl (C=O) groups excluding carboxylic acids is 1. The Labute approximate surface area is 93.0 Å². The average Bonchev–Trinajstić information content (AvgIpc) is 2.21. The molecule has 0 N–H and O–H groups in total. The van der Waals surface area contributed by atoms with E-state index in [0.717, 1.165) is 5.56 Å². The highest BCUT2D eigenvalue weighted by Crippen LogP contribution is 2.18. The number of hydrogen-bond acceptors (Lipinski definition) is 2. The second kappa shape index (κ2) is 5.12. The van der Waals surface area contributed by atoms with Gasteiger partial charge in [-0.2, -0.15) is 0 Å². The van der Waals surface area contributed by atoms with Gasteiger partial charge in [0, 0.05) is 5.88 Å². The molecule has 0 aliphatic heterocycles. The molecule has 1 rings (SSSR count). The molecule has 1 aromatic rings. The lowest BCUT2D eigenvalue weighted by atomic mass is 10.1. The molecular formula is C11H12ClFO2. The van der Waals surface area contributed by atoms with Crippen molar-refractivity contribution in [2.75, 3.05) is 6.61 Å². The minimum Gasteiger partial charge on any atom is -0.462 e. The van der Waals surface area contributed by atoms with E-state index in [1.54, 1.807) is 13.8 Å². The number of halogens is 2. The van der Waals surface area contributed by atoms with Crippen LogP contribution in [0.3, 0.4) is 0 Å². The first-order chi connectivity index (χ1) is 7.10. The van der Waals surface area contributed by atoms with Gasteiger partial charge in [0.25, 0.3) is 0 Å². The van der Waals surface area contributed by atoms with Crippen molar-refractivity contribution in [1.29, 1.82) is 0 Å². The van der Waals surface area contributed by atoms with E-state index in [2.05, 4.69) is 0 Å². The number of esters is 1. The molecule has 2 nitrogen and oxygen atoms in total. The molecule has 0 radical (unpaired) electrons. The third kappa shape index (κ3) is 2.69. The van der Waals surface area contributed by atoms with Gasteiger partial charge in [-0.15, -0.1) is 11.6 Å².